The zero-order valence-electron chi connectivity index (χ0n) is 12.6. The summed E-state index contributed by atoms with van der Waals surface area (Å²) in [6, 6.07) is -0.290. The average molecular weight is 287 g/mol. The minimum Gasteiger partial charge on any atom is -0.351 e. The highest BCUT2D eigenvalue weighted by atomic mass is 17.1. The Morgan fingerprint density at radius 1 is 1.20 bits per heavy atom. The van der Waals surface area contributed by atoms with Gasteiger partial charge < -0.3 is 10.1 Å². The van der Waals surface area contributed by atoms with Gasteiger partial charge in [0.1, 0.15) is 12.9 Å². The Morgan fingerprint density at radius 3 is 2.45 bits per heavy atom. The van der Waals surface area contributed by atoms with Gasteiger partial charge in [0.25, 0.3) is 0 Å². The number of hydrogen-bond donors (Lipinski definition) is 2. The zero-order chi connectivity index (χ0) is 15.1. The third-order valence-corrected chi connectivity index (χ3v) is 3.28. The van der Waals surface area contributed by atoms with Gasteiger partial charge in [0.15, 0.2) is 0 Å². The summed E-state index contributed by atoms with van der Waals surface area (Å²) in [7, 11) is 0. The number of unbranched alkanes of at least 4 members (excludes halogenated alkanes) is 6. The van der Waals surface area contributed by atoms with Crippen molar-refractivity contribution < 1.29 is 19.7 Å². The molecule has 5 nitrogen and oxygen atoms in total. The molecule has 0 aliphatic rings. The van der Waals surface area contributed by atoms with Crippen LogP contribution in [0.2, 0.25) is 0 Å². The zero-order valence-corrected chi connectivity index (χ0v) is 12.6. The molecular formula is C15H29NO4. The molecule has 0 rings (SSSR count). The first-order valence-corrected chi connectivity index (χ1v) is 7.74. The molecule has 1 atom stereocenters. The van der Waals surface area contributed by atoms with Gasteiger partial charge in [0.2, 0.25) is 5.91 Å². The fraction of sp³-hybridized carbons (Fsp3) is 0.867. The second-order valence-electron chi connectivity index (χ2n) is 5.18. The van der Waals surface area contributed by atoms with Crippen LogP contribution in [-0.4, -0.2) is 30.1 Å². The fourth-order valence-corrected chi connectivity index (χ4v) is 2.10. The molecule has 0 unspecified atom stereocenters. The highest BCUT2D eigenvalue weighted by molar-refractivity contribution is 5.76. The number of rotatable bonds is 14. The van der Waals surface area contributed by atoms with Crippen LogP contribution in [-0.2, 0) is 14.5 Å². The van der Waals surface area contributed by atoms with Gasteiger partial charge in [0.05, 0.1) is 6.04 Å². The summed E-state index contributed by atoms with van der Waals surface area (Å²) in [4.78, 5) is 26.0. The van der Waals surface area contributed by atoms with E-state index in [1.54, 1.807) is 0 Å². The van der Waals surface area contributed by atoms with E-state index in [0.29, 0.717) is 19.3 Å². The van der Waals surface area contributed by atoms with Crippen molar-refractivity contribution in [3.8, 4) is 0 Å². The van der Waals surface area contributed by atoms with Crippen molar-refractivity contribution >= 4 is 12.2 Å². The molecule has 1 amide bonds. The minimum atomic E-state index is -0.290. The molecule has 0 aromatic heterocycles. The Kier molecular flexibility index (Phi) is 13.8. The van der Waals surface area contributed by atoms with Crippen molar-refractivity contribution in [1.82, 2.24) is 5.32 Å². The summed E-state index contributed by atoms with van der Waals surface area (Å²) < 4.78 is 0. The third kappa shape index (κ3) is 12.1. The normalized spacial score (nSPS) is 12.1. The largest absolute Gasteiger partial charge is 0.351 e. The second kappa shape index (κ2) is 14.5. The molecule has 0 aliphatic heterocycles. The van der Waals surface area contributed by atoms with Gasteiger partial charge in [-0.1, -0.05) is 45.4 Å². The Bertz CT molecular complexity index is 246. The molecule has 0 saturated carbocycles. The predicted molar refractivity (Wildman–Crippen MR) is 78.4 cm³/mol. The Labute approximate surface area is 122 Å². The monoisotopic (exact) mass is 287 g/mol. The lowest BCUT2D eigenvalue weighted by molar-refractivity contribution is -0.246. The van der Waals surface area contributed by atoms with E-state index in [4.69, 9.17) is 5.26 Å². The molecule has 5 heteroatoms. The third-order valence-electron chi connectivity index (χ3n) is 3.28. The van der Waals surface area contributed by atoms with Gasteiger partial charge in [-0.15, -0.1) is 0 Å². The standard InChI is InChI=1S/C15H29NO4/c1-2-3-4-5-6-7-8-11-15(18)16-14(13-20-19)10-9-12-17/h12,14,19H,2-11,13H2,1H3,(H,16,18)/t14-/m0/s1. The van der Waals surface area contributed by atoms with Crippen LogP contribution < -0.4 is 5.32 Å². The van der Waals surface area contributed by atoms with E-state index in [1.165, 1.54) is 32.1 Å². The van der Waals surface area contributed by atoms with E-state index in [1.807, 2.05) is 0 Å². The highest BCUT2D eigenvalue weighted by Crippen LogP contribution is 2.08. The average Bonchev–Trinajstić information content (AvgIpc) is 2.44. The van der Waals surface area contributed by atoms with Crippen LogP contribution in [0.4, 0.5) is 0 Å². The number of nitrogens with one attached hydrogen (secondary N) is 1. The maximum Gasteiger partial charge on any atom is 0.220 e. The molecule has 0 fully saturated rings. The number of carbonyl (C=O) groups excluding carboxylic acids is 2. The van der Waals surface area contributed by atoms with E-state index < -0.39 is 0 Å². The highest BCUT2D eigenvalue weighted by Gasteiger charge is 2.12. The molecule has 0 bridgehead atoms. The predicted octanol–water partition coefficient (Wildman–Crippen LogP) is 3.08. The van der Waals surface area contributed by atoms with Crippen LogP contribution in [0, 0.1) is 0 Å². The molecule has 0 spiro atoms. The molecule has 118 valence electrons. The molecule has 0 saturated heterocycles. The molecule has 0 aromatic carbocycles. The first-order valence-electron chi connectivity index (χ1n) is 7.74. The van der Waals surface area contributed by atoms with Gasteiger partial charge in [-0.25, -0.2) is 4.89 Å². The van der Waals surface area contributed by atoms with E-state index in [2.05, 4.69) is 17.1 Å². The summed E-state index contributed by atoms with van der Waals surface area (Å²) in [5.41, 5.74) is 0. The number of amides is 1. The van der Waals surface area contributed by atoms with Crippen LogP contribution in [0.1, 0.15) is 71.1 Å². The number of aldehydes is 1. The summed E-state index contributed by atoms with van der Waals surface area (Å²) in [5, 5.41) is 11.2. The van der Waals surface area contributed by atoms with Crippen molar-refractivity contribution in [1.29, 1.82) is 0 Å². The molecule has 2 N–H and O–H groups in total. The molecule has 0 aromatic rings. The van der Waals surface area contributed by atoms with Gasteiger partial charge in [-0.3, -0.25) is 10.1 Å². The minimum absolute atomic E-state index is 0.0244. The summed E-state index contributed by atoms with van der Waals surface area (Å²) >= 11 is 0. The fourth-order valence-electron chi connectivity index (χ4n) is 2.10. The number of carbonyl (C=O) groups is 2. The van der Waals surface area contributed by atoms with Crippen LogP contribution in [0.3, 0.4) is 0 Å². The molecule has 0 radical (unpaired) electrons. The van der Waals surface area contributed by atoms with Gasteiger partial charge in [0, 0.05) is 12.8 Å². The summed E-state index contributed by atoms with van der Waals surface area (Å²) in [5.74, 6) is -0.0356. The van der Waals surface area contributed by atoms with Crippen LogP contribution in [0.25, 0.3) is 0 Å². The lowest BCUT2D eigenvalue weighted by atomic mass is 10.1. The summed E-state index contributed by atoms with van der Waals surface area (Å²) in [6.07, 6.45) is 10.4. The van der Waals surface area contributed by atoms with E-state index in [-0.39, 0.29) is 18.6 Å². The van der Waals surface area contributed by atoms with Crippen LogP contribution in [0.15, 0.2) is 0 Å². The van der Waals surface area contributed by atoms with Crippen LogP contribution >= 0.6 is 0 Å². The summed E-state index contributed by atoms with van der Waals surface area (Å²) in [6.45, 7) is 2.22. The van der Waals surface area contributed by atoms with Gasteiger partial charge in [-0.2, -0.15) is 0 Å². The van der Waals surface area contributed by atoms with E-state index in [0.717, 1.165) is 19.1 Å². The first-order chi connectivity index (χ1) is 9.74. The van der Waals surface area contributed by atoms with Gasteiger partial charge in [-0.05, 0) is 12.8 Å². The van der Waals surface area contributed by atoms with Crippen molar-refractivity contribution in [2.75, 3.05) is 6.61 Å². The quantitative estimate of drug-likeness (QED) is 0.223. The lowest BCUT2D eigenvalue weighted by Gasteiger charge is -2.15. The van der Waals surface area contributed by atoms with Crippen molar-refractivity contribution in [2.24, 2.45) is 0 Å². The Hall–Kier alpha value is -0.940. The van der Waals surface area contributed by atoms with Gasteiger partial charge >= 0.3 is 0 Å². The van der Waals surface area contributed by atoms with Crippen LogP contribution in [0.5, 0.6) is 0 Å². The Morgan fingerprint density at radius 2 is 1.85 bits per heavy atom. The topological polar surface area (TPSA) is 75.6 Å². The van der Waals surface area contributed by atoms with Crippen molar-refractivity contribution in [2.45, 2.75) is 77.2 Å². The molecule has 20 heavy (non-hydrogen) atoms. The first kappa shape index (κ1) is 19.1. The molecule has 0 aliphatic carbocycles. The van der Waals surface area contributed by atoms with Crippen molar-refractivity contribution in [3.05, 3.63) is 0 Å². The smallest absolute Gasteiger partial charge is 0.220 e. The molecule has 0 heterocycles. The van der Waals surface area contributed by atoms with Crippen molar-refractivity contribution in [3.63, 3.8) is 0 Å². The maximum absolute atomic E-state index is 11.7. The number of hydrogen-bond acceptors (Lipinski definition) is 4. The lowest BCUT2D eigenvalue weighted by Crippen LogP contribution is -2.38. The van der Waals surface area contributed by atoms with E-state index in [9.17, 15) is 9.59 Å². The second-order valence-corrected chi connectivity index (χ2v) is 5.18. The maximum atomic E-state index is 11.7. The van der Waals surface area contributed by atoms with E-state index >= 15 is 0 Å². The Balaban J connectivity index is 3.60. The molecular weight excluding hydrogens is 258 g/mol. The SMILES string of the molecule is CCCCCCCCCC(=O)N[C@@H](CCC=O)COO.